The van der Waals surface area contributed by atoms with Gasteiger partial charge in [-0.15, -0.1) is 0 Å². The topological polar surface area (TPSA) is 42.0 Å². The third kappa shape index (κ3) is 6.60. The number of unbranched alkanes of at least 4 members (excludes halogenated alkanes) is 5. The van der Waals surface area contributed by atoms with Gasteiger partial charge in [0.2, 0.25) is 5.91 Å². The SMILES string of the molecule is CCCCCCCCC(=O)Nc1ccnc(Cl)c1. The number of carbonyl (C=O) groups excluding carboxylic acids is 1. The molecule has 0 fully saturated rings. The molecule has 0 radical (unpaired) electrons. The standard InChI is InChI=1S/C14H21ClN2O/c1-2-3-4-5-6-7-8-14(18)17-12-9-10-16-13(15)11-12/h9-11H,2-8H2,1H3,(H,16,17,18). The maximum atomic E-state index is 11.6. The van der Waals surface area contributed by atoms with Crippen LogP contribution >= 0.6 is 11.6 Å². The number of nitrogens with one attached hydrogen (secondary N) is 1. The third-order valence-corrected chi connectivity index (χ3v) is 2.97. The molecule has 0 aliphatic heterocycles. The zero-order valence-electron chi connectivity index (χ0n) is 10.9. The minimum absolute atomic E-state index is 0.0489. The molecule has 1 N–H and O–H groups in total. The van der Waals surface area contributed by atoms with Crippen molar-refractivity contribution in [3.63, 3.8) is 0 Å². The molecule has 18 heavy (non-hydrogen) atoms. The summed E-state index contributed by atoms with van der Waals surface area (Å²) in [6, 6.07) is 3.39. The van der Waals surface area contributed by atoms with Gasteiger partial charge in [0.1, 0.15) is 5.15 Å². The summed E-state index contributed by atoms with van der Waals surface area (Å²) in [4.78, 5) is 15.5. The molecule has 0 aromatic carbocycles. The average Bonchev–Trinajstić information content (AvgIpc) is 2.33. The van der Waals surface area contributed by atoms with Crippen LogP contribution < -0.4 is 5.32 Å². The quantitative estimate of drug-likeness (QED) is 0.560. The second kappa shape index (κ2) is 8.92. The smallest absolute Gasteiger partial charge is 0.224 e. The monoisotopic (exact) mass is 268 g/mol. The molecule has 0 saturated carbocycles. The molecule has 1 aromatic rings. The van der Waals surface area contributed by atoms with E-state index in [0.29, 0.717) is 17.3 Å². The molecular weight excluding hydrogens is 248 g/mol. The molecule has 3 nitrogen and oxygen atoms in total. The number of rotatable bonds is 8. The van der Waals surface area contributed by atoms with Gasteiger partial charge in [0.25, 0.3) is 0 Å². The number of pyridine rings is 1. The molecule has 0 atom stereocenters. The Morgan fingerprint density at radius 2 is 2.00 bits per heavy atom. The van der Waals surface area contributed by atoms with E-state index in [9.17, 15) is 4.79 Å². The molecule has 0 aliphatic carbocycles. The van der Waals surface area contributed by atoms with Crippen molar-refractivity contribution in [3.8, 4) is 0 Å². The fourth-order valence-corrected chi connectivity index (χ4v) is 1.94. The van der Waals surface area contributed by atoms with Gasteiger partial charge in [-0.3, -0.25) is 4.79 Å². The molecule has 1 amide bonds. The summed E-state index contributed by atoms with van der Waals surface area (Å²) < 4.78 is 0. The predicted molar refractivity (Wildman–Crippen MR) is 75.9 cm³/mol. The van der Waals surface area contributed by atoms with E-state index >= 15 is 0 Å². The third-order valence-electron chi connectivity index (χ3n) is 2.77. The van der Waals surface area contributed by atoms with E-state index in [1.54, 1.807) is 18.3 Å². The van der Waals surface area contributed by atoms with Gasteiger partial charge in [-0.05, 0) is 18.6 Å². The fraction of sp³-hybridized carbons (Fsp3) is 0.571. The summed E-state index contributed by atoms with van der Waals surface area (Å²) in [7, 11) is 0. The highest BCUT2D eigenvalue weighted by Crippen LogP contribution is 2.13. The summed E-state index contributed by atoms with van der Waals surface area (Å²) in [5, 5.41) is 3.22. The van der Waals surface area contributed by atoms with E-state index in [1.165, 1.54) is 25.7 Å². The predicted octanol–water partition coefficient (Wildman–Crippen LogP) is 4.42. The Kier molecular flexibility index (Phi) is 7.42. The molecular formula is C14H21ClN2O. The van der Waals surface area contributed by atoms with Gasteiger partial charge in [-0.2, -0.15) is 0 Å². The number of aromatic nitrogens is 1. The van der Waals surface area contributed by atoms with E-state index in [1.807, 2.05) is 0 Å². The van der Waals surface area contributed by atoms with Crippen LogP contribution in [0.2, 0.25) is 5.15 Å². The summed E-state index contributed by atoms with van der Waals surface area (Å²) >= 11 is 5.74. The summed E-state index contributed by atoms with van der Waals surface area (Å²) in [5.41, 5.74) is 0.714. The zero-order valence-corrected chi connectivity index (χ0v) is 11.7. The second-order valence-corrected chi connectivity index (χ2v) is 4.82. The van der Waals surface area contributed by atoms with Crippen molar-refractivity contribution >= 4 is 23.2 Å². The van der Waals surface area contributed by atoms with Gasteiger partial charge in [0, 0.05) is 18.3 Å². The van der Waals surface area contributed by atoms with Crippen molar-refractivity contribution < 1.29 is 4.79 Å². The molecule has 1 aromatic heterocycles. The first kappa shape index (κ1) is 15.0. The molecule has 1 heterocycles. The number of amides is 1. The average molecular weight is 269 g/mol. The van der Waals surface area contributed by atoms with E-state index in [4.69, 9.17) is 11.6 Å². The highest BCUT2D eigenvalue weighted by molar-refractivity contribution is 6.29. The minimum atomic E-state index is 0.0489. The zero-order chi connectivity index (χ0) is 13.2. The van der Waals surface area contributed by atoms with E-state index in [-0.39, 0.29) is 5.91 Å². The van der Waals surface area contributed by atoms with E-state index < -0.39 is 0 Å². The normalized spacial score (nSPS) is 10.3. The Morgan fingerprint density at radius 1 is 1.28 bits per heavy atom. The van der Waals surface area contributed by atoms with Crippen molar-refractivity contribution in [2.45, 2.75) is 51.9 Å². The van der Waals surface area contributed by atoms with Crippen LogP contribution in [0.25, 0.3) is 0 Å². The Morgan fingerprint density at radius 3 is 2.72 bits per heavy atom. The van der Waals surface area contributed by atoms with Crippen molar-refractivity contribution in [1.29, 1.82) is 0 Å². The molecule has 4 heteroatoms. The van der Waals surface area contributed by atoms with Crippen LogP contribution in [0.4, 0.5) is 5.69 Å². The van der Waals surface area contributed by atoms with Crippen molar-refractivity contribution in [2.75, 3.05) is 5.32 Å². The van der Waals surface area contributed by atoms with Crippen molar-refractivity contribution in [3.05, 3.63) is 23.5 Å². The molecule has 1 rings (SSSR count). The van der Waals surface area contributed by atoms with E-state index in [2.05, 4.69) is 17.2 Å². The largest absolute Gasteiger partial charge is 0.326 e. The first-order valence-electron chi connectivity index (χ1n) is 6.63. The van der Waals surface area contributed by atoms with Crippen molar-refractivity contribution in [2.24, 2.45) is 0 Å². The number of nitrogens with zero attached hydrogens (tertiary/aromatic N) is 1. The lowest BCUT2D eigenvalue weighted by atomic mass is 10.1. The Labute approximate surface area is 114 Å². The van der Waals surface area contributed by atoms with Crippen LogP contribution in [0.3, 0.4) is 0 Å². The molecule has 0 aliphatic rings. The highest BCUT2D eigenvalue weighted by atomic mass is 35.5. The lowest BCUT2D eigenvalue weighted by Crippen LogP contribution is -2.11. The maximum absolute atomic E-state index is 11.6. The van der Waals surface area contributed by atoms with Gasteiger partial charge >= 0.3 is 0 Å². The first-order valence-corrected chi connectivity index (χ1v) is 7.01. The molecule has 0 saturated heterocycles. The lowest BCUT2D eigenvalue weighted by Gasteiger charge is -2.05. The number of hydrogen-bond acceptors (Lipinski definition) is 2. The molecule has 0 spiro atoms. The number of halogens is 1. The fourth-order valence-electron chi connectivity index (χ4n) is 1.77. The van der Waals surface area contributed by atoms with Gasteiger partial charge in [0.15, 0.2) is 0 Å². The van der Waals surface area contributed by atoms with Crippen LogP contribution in [0.1, 0.15) is 51.9 Å². The van der Waals surface area contributed by atoms with Gasteiger partial charge in [0.05, 0.1) is 0 Å². The molecule has 100 valence electrons. The minimum Gasteiger partial charge on any atom is -0.326 e. The Balaban J connectivity index is 2.14. The lowest BCUT2D eigenvalue weighted by molar-refractivity contribution is -0.116. The summed E-state index contributed by atoms with van der Waals surface area (Å²) in [6.45, 7) is 2.20. The Bertz CT molecular complexity index is 369. The number of carbonyl (C=O) groups is 1. The second-order valence-electron chi connectivity index (χ2n) is 4.43. The summed E-state index contributed by atoms with van der Waals surface area (Å²) in [5.74, 6) is 0.0489. The van der Waals surface area contributed by atoms with Gasteiger partial charge in [-0.1, -0.05) is 50.6 Å². The Hall–Kier alpha value is -1.09. The van der Waals surface area contributed by atoms with Crippen LogP contribution in [-0.2, 0) is 4.79 Å². The number of anilines is 1. The molecule has 0 bridgehead atoms. The van der Waals surface area contributed by atoms with Crippen molar-refractivity contribution in [1.82, 2.24) is 4.98 Å². The van der Waals surface area contributed by atoms with Gasteiger partial charge in [-0.25, -0.2) is 4.98 Å². The van der Waals surface area contributed by atoms with Crippen LogP contribution in [0, 0.1) is 0 Å². The van der Waals surface area contributed by atoms with E-state index in [0.717, 1.165) is 12.8 Å². The van der Waals surface area contributed by atoms with Crippen LogP contribution in [-0.4, -0.2) is 10.9 Å². The maximum Gasteiger partial charge on any atom is 0.224 e. The summed E-state index contributed by atoms with van der Waals surface area (Å²) in [6.07, 6.45) is 9.29. The van der Waals surface area contributed by atoms with Gasteiger partial charge < -0.3 is 5.32 Å². The highest BCUT2D eigenvalue weighted by Gasteiger charge is 2.02. The van der Waals surface area contributed by atoms with Crippen LogP contribution in [0.15, 0.2) is 18.3 Å². The number of hydrogen-bond donors (Lipinski definition) is 1. The van der Waals surface area contributed by atoms with Crippen LogP contribution in [0.5, 0.6) is 0 Å². The molecule has 0 unspecified atom stereocenters. The first-order chi connectivity index (χ1) is 8.72.